The number of anilines is 1. The number of benzene rings is 2. The second-order valence-corrected chi connectivity index (χ2v) is 8.05. The van der Waals surface area contributed by atoms with E-state index in [0.717, 1.165) is 61.9 Å². The maximum Gasteiger partial charge on any atom is 0.279 e. The lowest BCUT2D eigenvalue weighted by atomic mass is 10.1. The van der Waals surface area contributed by atoms with E-state index in [4.69, 9.17) is 9.47 Å². The Labute approximate surface area is 172 Å². The summed E-state index contributed by atoms with van der Waals surface area (Å²) in [5, 5.41) is 3.16. The lowest BCUT2D eigenvalue weighted by Gasteiger charge is -2.29. The van der Waals surface area contributed by atoms with Gasteiger partial charge >= 0.3 is 0 Å². The maximum absolute atomic E-state index is 12.6. The van der Waals surface area contributed by atoms with E-state index in [9.17, 15) is 4.79 Å². The van der Waals surface area contributed by atoms with Crippen molar-refractivity contribution < 1.29 is 24.1 Å². The van der Waals surface area contributed by atoms with Crippen molar-refractivity contribution in [2.75, 3.05) is 44.8 Å². The maximum atomic E-state index is 12.6. The highest BCUT2D eigenvalue weighted by atomic mass is 16.7. The van der Waals surface area contributed by atoms with E-state index in [2.05, 4.69) is 49.5 Å². The van der Waals surface area contributed by atoms with Gasteiger partial charge in [-0.15, -0.1) is 0 Å². The molecule has 0 spiro atoms. The van der Waals surface area contributed by atoms with Crippen LogP contribution in [0.1, 0.15) is 23.6 Å². The van der Waals surface area contributed by atoms with Crippen LogP contribution in [0.15, 0.2) is 36.4 Å². The lowest BCUT2D eigenvalue weighted by Crippen LogP contribution is -3.28. The van der Waals surface area contributed by atoms with Crippen LogP contribution >= 0.6 is 0 Å². The molecule has 2 aromatic rings. The van der Waals surface area contributed by atoms with E-state index in [1.54, 1.807) is 4.90 Å². The van der Waals surface area contributed by atoms with Gasteiger partial charge in [-0.2, -0.15) is 0 Å². The van der Waals surface area contributed by atoms with Crippen molar-refractivity contribution >= 4 is 11.6 Å². The Morgan fingerprint density at radius 2 is 1.79 bits per heavy atom. The number of piperazine rings is 1. The van der Waals surface area contributed by atoms with Gasteiger partial charge in [-0.1, -0.05) is 25.1 Å². The summed E-state index contributed by atoms with van der Waals surface area (Å²) in [7, 11) is 0. The van der Waals surface area contributed by atoms with Crippen LogP contribution in [0, 0.1) is 6.92 Å². The van der Waals surface area contributed by atoms with E-state index in [0.29, 0.717) is 13.3 Å². The minimum Gasteiger partial charge on any atom is -0.454 e. The molecule has 1 fully saturated rings. The molecule has 3 N–H and O–H groups in total. The second-order valence-electron chi connectivity index (χ2n) is 8.05. The van der Waals surface area contributed by atoms with Crippen molar-refractivity contribution in [2.24, 2.45) is 0 Å². The Bertz CT molecular complexity index is 876. The predicted molar refractivity (Wildman–Crippen MR) is 112 cm³/mol. The Balaban J connectivity index is 1.26. The summed E-state index contributed by atoms with van der Waals surface area (Å²) >= 11 is 0. The molecule has 1 saturated heterocycles. The average Bonchev–Trinajstić information content (AvgIpc) is 3.19. The number of hydrogen-bond donors (Lipinski definition) is 3. The van der Waals surface area contributed by atoms with Gasteiger partial charge in [-0.25, -0.2) is 0 Å². The molecule has 29 heavy (non-hydrogen) atoms. The largest absolute Gasteiger partial charge is 0.454 e. The van der Waals surface area contributed by atoms with Gasteiger partial charge in [0.05, 0.1) is 0 Å². The molecular formula is C23H31N3O3+2. The number of ether oxygens (including phenoxy) is 2. The number of hydrogen-bond acceptors (Lipinski definition) is 3. The van der Waals surface area contributed by atoms with Crippen molar-refractivity contribution in [1.29, 1.82) is 0 Å². The fourth-order valence-electron chi connectivity index (χ4n) is 4.26. The first kappa shape index (κ1) is 19.7. The van der Waals surface area contributed by atoms with E-state index in [-0.39, 0.29) is 5.91 Å². The molecule has 1 amide bonds. The molecule has 0 aromatic heterocycles. The summed E-state index contributed by atoms with van der Waals surface area (Å²) in [6.07, 6.45) is 0.923. The molecule has 6 nitrogen and oxygen atoms in total. The van der Waals surface area contributed by atoms with Gasteiger partial charge in [0.25, 0.3) is 5.91 Å². The summed E-state index contributed by atoms with van der Waals surface area (Å²) in [6, 6.07) is 12.4. The first-order chi connectivity index (χ1) is 14.1. The summed E-state index contributed by atoms with van der Waals surface area (Å²) < 4.78 is 10.9. The zero-order valence-corrected chi connectivity index (χ0v) is 17.3. The Kier molecular flexibility index (Phi) is 6.02. The summed E-state index contributed by atoms with van der Waals surface area (Å²) in [5.41, 5.74) is 4.60. The highest BCUT2D eigenvalue weighted by Gasteiger charge is 2.26. The van der Waals surface area contributed by atoms with Gasteiger partial charge in [0, 0.05) is 11.3 Å². The van der Waals surface area contributed by atoms with Crippen LogP contribution in [0.5, 0.6) is 11.5 Å². The molecule has 2 aliphatic heterocycles. The normalized spacial score (nSPS) is 20.5. The molecule has 154 valence electrons. The van der Waals surface area contributed by atoms with Crippen molar-refractivity contribution in [3.05, 3.63) is 53.1 Å². The molecule has 0 saturated carbocycles. The minimum absolute atomic E-state index is 0.114. The molecule has 0 aliphatic carbocycles. The fraction of sp³-hybridized carbons (Fsp3) is 0.435. The first-order valence-corrected chi connectivity index (χ1v) is 10.6. The van der Waals surface area contributed by atoms with Crippen LogP contribution in [0.25, 0.3) is 0 Å². The van der Waals surface area contributed by atoms with Gasteiger partial charge < -0.3 is 24.6 Å². The van der Waals surface area contributed by atoms with Gasteiger partial charge in [0.1, 0.15) is 32.7 Å². The molecule has 4 rings (SSSR count). The van der Waals surface area contributed by atoms with Crippen LogP contribution in [-0.4, -0.2) is 45.4 Å². The van der Waals surface area contributed by atoms with Crippen LogP contribution < -0.4 is 24.6 Å². The third-order valence-corrected chi connectivity index (χ3v) is 5.97. The lowest BCUT2D eigenvalue weighted by molar-refractivity contribution is -1.02. The number of amides is 1. The molecule has 0 unspecified atom stereocenters. The quantitative estimate of drug-likeness (QED) is 0.653. The topological polar surface area (TPSA) is 56.4 Å². The Hall–Kier alpha value is -2.57. The standard InChI is InChI=1S/C23H29N3O3/c1-3-19-6-4-5-17(2)23(19)24-22(27)15-26-11-9-25(10-12-26)14-18-7-8-20-21(13-18)29-16-28-20/h4-8,13H,3,9-12,14-16H2,1-2H3,(H,24,27)/p+2. The van der Waals surface area contributed by atoms with Gasteiger partial charge in [0.2, 0.25) is 6.79 Å². The number of nitrogens with one attached hydrogen (secondary N) is 3. The molecule has 6 heteroatoms. The molecule has 0 bridgehead atoms. The minimum atomic E-state index is 0.114. The Morgan fingerprint density at radius 3 is 2.59 bits per heavy atom. The third kappa shape index (κ3) is 4.71. The van der Waals surface area contributed by atoms with Crippen LogP contribution in [0.4, 0.5) is 5.69 Å². The third-order valence-electron chi connectivity index (χ3n) is 5.97. The first-order valence-electron chi connectivity index (χ1n) is 10.6. The highest BCUT2D eigenvalue weighted by Crippen LogP contribution is 2.32. The predicted octanol–water partition coefficient (Wildman–Crippen LogP) is 0.208. The van der Waals surface area contributed by atoms with Gasteiger partial charge in [-0.05, 0) is 42.7 Å². The number of rotatable bonds is 6. The van der Waals surface area contributed by atoms with Crippen molar-refractivity contribution in [1.82, 2.24) is 0 Å². The Morgan fingerprint density at radius 1 is 1.03 bits per heavy atom. The zero-order valence-electron chi connectivity index (χ0n) is 17.3. The number of fused-ring (bicyclic) bond motifs is 1. The molecule has 2 aromatic carbocycles. The molecular weight excluding hydrogens is 366 g/mol. The smallest absolute Gasteiger partial charge is 0.279 e. The SMILES string of the molecule is CCc1cccc(C)c1NC(=O)C[NH+]1CC[NH+](Cc2ccc3c(c2)OCO3)CC1. The number of quaternary nitrogens is 2. The van der Waals surface area contributed by atoms with E-state index >= 15 is 0 Å². The zero-order chi connectivity index (χ0) is 20.2. The highest BCUT2D eigenvalue weighted by molar-refractivity contribution is 5.93. The van der Waals surface area contributed by atoms with Crippen LogP contribution in [0.2, 0.25) is 0 Å². The second kappa shape index (κ2) is 8.84. The van der Waals surface area contributed by atoms with Crippen molar-refractivity contribution in [3.63, 3.8) is 0 Å². The van der Waals surface area contributed by atoms with Gasteiger partial charge in [-0.3, -0.25) is 4.79 Å². The molecule has 2 aliphatic rings. The number of aryl methyl sites for hydroxylation is 2. The van der Waals surface area contributed by atoms with E-state index in [1.165, 1.54) is 16.0 Å². The van der Waals surface area contributed by atoms with Crippen LogP contribution in [0.3, 0.4) is 0 Å². The number of para-hydroxylation sites is 1. The number of carbonyl (C=O) groups is 1. The van der Waals surface area contributed by atoms with E-state index in [1.807, 2.05) is 6.07 Å². The van der Waals surface area contributed by atoms with Gasteiger partial charge in [0.15, 0.2) is 18.0 Å². The van der Waals surface area contributed by atoms with Crippen molar-refractivity contribution in [2.45, 2.75) is 26.8 Å². The van der Waals surface area contributed by atoms with Crippen molar-refractivity contribution in [3.8, 4) is 11.5 Å². The van der Waals surface area contributed by atoms with E-state index < -0.39 is 0 Å². The summed E-state index contributed by atoms with van der Waals surface area (Å²) in [5.74, 6) is 1.80. The summed E-state index contributed by atoms with van der Waals surface area (Å²) in [4.78, 5) is 15.5. The monoisotopic (exact) mass is 397 g/mol. The molecule has 2 heterocycles. The number of carbonyl (C=O) groups excluding carboxylic acids is 1. The summed E-state index contributed by atoms with van der Waals surface area (Å²) in [6.45, 7) is 10.2. The van der Waals surface area contributed by atoms with Crippen LogP contribution in [-0.2, 0) is 17.8 Å². The molecule has 0 radical (unpaired) electrons. The fourth-order valence-corrected chi connectivity index (χ4v) is 4.26. The molecule has 0 atom stereocenters. The average molecular weight is 398 g/mol.